The standard InChI is InChI=1S/C24H19NO3/c1-28-24(27)22(20-10-6-3-7-11-20)25-23(26)21-16-14-19(15-17-21)13-12-18-8-4-2-5-9-18/h2-11,14-17,22H,1H3,(H,25,26)/t22-/m1/s1. The Morgan fingerprint density at radius 2 is 1.32 bits per heavy atom. The Morgan fingerprint density at radius 1 is 0.786 bits per heavy atom. The summed E-state index contributed by atoms with van der Waals surface area (Å²) in [5, 5.41) is 2.73. The van der Waals surface area contributed by atoms with Crippen molar-refractivity contribution in [2.75, 3.05) is 7.11 Å². The van der Waals surface area contributed by atoms with Gasteiger partial charge in [-0.15, -0.1) is 0 Å². The van der Waals surface area contributed by atoms with Crippen LogP contribution in [0.2, 0.25) is 0 Å². The molecule has 0 aromatic heterocycles. The largest absolute Gasteiger partial charge is 0.467 e. The zero-order valence-electron chi connectivity index (χ0n) is 15.4. The average molecular weight is 369 g/mol. The smallest absolute Gasteiger partial charge is 0.333 e. The van der Waals surface area contributed by atoms with E-state index in [4.69, 9.17) is 4.74 Å². The van der Waals surface area contributed by atoms with E-state index < -0.39 is 12.0 Å². The summed E-state index contributed by atoms with van der Waals surface area (Å²) in [7, 11) is 1.30. The van der Waals surface area contributed by atoms with E-state index >= 15 is 0 Å². The van der Waals surface area contributed by atoms with Gasteiger partial charge in [0.15, 0.2) is 6.04 Å². The molecule has 0 saturated carbocycles. The molecule has 0 spiro atoms. The lowest BCUT2D eigenvalue weighted by Gasteiger charge is -2.17. The van der Waals surface area contributed by atoms with Crippen molar-refractivity contribution in [2.45, 2.75) is 6.04 Å². The van der Waals surface area contributed by atoms with E-state index in [9.17, 15) is 9.59 Å². The minimum atomic E-state index is -0.865. The van der Waals surface area contributed by atoms with Crippen LogP contribution in [0.4, 0.5) is 0 Å². The van der Waals surface area contributed by atoms with Crippen molar-refractivity contribution in [1.29, 1.82) is 0 Å². The number of nitrogens with one attached hydrogen (secondary N) is 1. The molecule has 138 valence electrons. The summed E-state index contributed by atoms with van der Waals surface area (Å²) in [5.41, 5.74) is 2.82. The molecule has 0 aliphatic rings. The van der Waals surface area contributed by atoms with Crippen LogP contribution in [0.15, 0.2) is 84.9 Å². The minimum absolute atomic E-state index is 0.359. The number of carbonyl (C=O) groups excluding carboxylic acids is 2. The molecule has 0 aliphatic carbocycles. The van der Waals surface area contributed by atoms with Gasteiger partial charge in [-0.3, -0.25) is 4.79 Å². The van der Waals surface area contributed by atoms with Gasteiger partial charge in [0.05, 0.1) is 7.11 Å². The Bertz CT molecular complexity index is 1000. The number of rotatable bonds is 4. The van der Waals surface area contributed by atoms with Crippen LogP contribution in [-0.4, -0.2) is 19.0 Å². The summed E-state index contributed by atoms with van der Waals surface area (Å²) in [6.07, 6.45) is 0. The fraction of sp³-hybridized carbons (Fsp3) is 0.0833. The number of ether oxygens (including phenoxy) is 1. The molecule has 1 amide bonds. The first kappa shape index (κ1) is 18.9. The number of hydrogen-bond acceptors (Lipinski definition) is 3. The summed E-state index contributed by atoms with van der Waals surface area (Å²) in [5.74, 6) is 5.26. The molecule has 0 heterocycles. The molecule has 4 nitrogen and oxygen atoms in total. The van der Waals surface area contributed by atoms with Crippen LogP contribution in [0.5, 0.6) is 0 Å². The van der Waals surface area contributed by atoms with Crippen molar-refractivity contribution in [3.05, 3.63) is 107 Å². The van der Waals surface area contributed by atoms with E-state index in [1.54, 1.807) is 48.5 Å². The van der Waals surface area contributed by atoms with Gasteiger partial charge in [-0.2, -0.15) is 0 Å². The number of carbonyl (C=O) groups is 2. The predicted molar refractivity (Wildman–Crippen MR) is 108 cm³/mol. The van der Waals surface area contributed by atoms with Crippen LogP contribution < -0.4 is 5.32 Å². The zero-order chi connectivity index (χ0) is 19.8. The molecule has 0 saturated heterocycles. The lowest BCUT2D eigenvalue weighted by atomic mass is 10.1. The highest BCUT2D eigenvalue weighted by Crippen LogP contribution is 2.15. The number of amides is 1. The Labute approximate surface area is 164 Å². The second-order valence-electron chi connectivity index (χ2n) is 6.03. The second-order valence-corrected chi connectivity index (χ2v) is 6.03. The maximum Gasteiger partial charge on any atom is 0.333 e. The molecular formula is C24H19NO3. The fourth-order valence-electron chi connectivity index (χ4n) is 2.63. The highest BCUT2D eigenvalue weighted by molar-refractivity contribution is 5.97. The summed E-state index contributed by atoms with van der Waals surface area (Å²) in [6, 6.07) is 24.7. The first-order valence-electron chi connectivity index (χ1n) is 8.78. The number of methoxy groups -OCH3 is 1. The lowest BCUT2D eigenvalue weighted by Crippen LogP contribution is -2.34. The van der Waals surface area contributed by atoms with Crippen molar-refractivity contribution >= 4 is 11.9 Å². The van der Waals surface area contributed by atoms with Crippen molar-refractivity contribution in [1.82, 2.24) is 5.32 Å². The third-order valence-corrected chi connectivity index (χ3v) is 4.12. The molecule has 0 fully saturated rings. The second kappa shape index (κ2) is 9.20. The molecule has 4 heteroatoms. The minimum Gasteiger partial charge on any atom is -0.467 e. The highest BCUT2D eigenvalue weighted by atomic mass is 16.5. The zero-order valence-corrected chi connectivity index (χ0v) is 15.4. The molecule has 0 aliphatic heterocycles. The maximum atomic E-state index is 12.6. The van der Waals surface area contributed by atoms with Gasteiger partial charge in [0.25, 0.3) is 5.91 Å². The van der Waals surface area contributed by atoms with E-state index in [0.29, 0.717) is 11.1 Å². The van der Waals surface area contributed by atoms with Gasteiger partial charge in [-0.05, 0) is 42.0 Å². The Kier molecular flexibility index (Phi) is 6.22. The van der Waals surface area contributed by atoms with Gasteiger partial charge in [0.2, 0.25) is 0 Å². The van der Waals surface area contributed by atoms with Crippen molar-refractivity contribution in [2.24, 2.45) is 0 Å². The van der Waals surface area contributed by atoms with Gasteiger partial charge < -0.3 is 10.1 Å². The van der Waals surface area contributed by atoms with Gasteiger partial charge in [0, 0.05) is 16.7 Å². The molecule has 28 heavy (non-hydrogen) atoms. The quantitative estimate of drug-likeness (QED) is 0.563. The SMILES string of the molecule is COC(=O)[C@H](NC(=O)c1ccc(C#Cc2ccccc2)cc1)c1ccccc1. The van der Waals surface area contributed by atoms with Gasteiger partial charge in [-0.25, -0.2) is 4.79 Å². The van der Waals surface area contributed by atoms with Gasteiger partial charge in [0.1, 0.15) is 0 Å². The maximum absolute atomic E-state index is 12.6. The van der Waals surface area contributed by atoms with E-state index in [1.807, 2.05) is 36.4 Å². The molecule has 1 atom stereocenters. The van der Waals surface area contributed by atoms with Gasteiger partial charge in [-0.1, -0.05) is 60.4 Å². The van der Waals surface area contributed by atoms with Crippen molar-refractivity contribution in [3.63, 3.8) is 0 Å². The molecule has 0 radical (unpaired) electrons. The molecule has 1 N–H and O–H groups in total. The van der Waals surface area contributed by atoms with E-state index in [-0.39, 0.29) is 5.91 Å². The topological polar surface area (TPSA) is 55.4 Å². The van der Waals surface area contributed by atoms with Crippen molar-refractivity contribution < 1.29 is 14.3 Å². The van der Waals surface area contributed by atoms with Crippen LogP contribution in [-0.2, 0) is 9.53 Å². The summed E-state index contributed by atoms with van der Waals surface area (Å²) in [6.45, 7) is 0. The summed E-state index contributed by atoms with van der Waals surface area (Å²) >= 11 is 0. The summed E-state index contributed by atoms with van der Waals surface area (Å²) in [4.78, 5) is 24.7. The Balaban J connectivity index is 1.73. The Hall–Kier alpha value is -3.84. The molecule has 0 bridgehead atoms. The third kappa shape index (κ3) is 4.87. The van der Waals surface area contributed by atoms with Crippen LogP contribution in [0.25, 0.3) is 0 Å². The fourth-order valence-corrected chi connectivity index (χ4v) is 2.63. The van der Waals surface area contributed by atoms with Crippen LogP contribution in [0, 0.1) is 11.8 Å². The van der Waals surface area contributed by atoms with Crippen LogP contribution in [0.1, 0.15) is 33.1 Å². The normalized spacial score (nSPS) is 10.9. The monoisotopic (exact) mass is 369 g/mol. The molecule has 3 aromatic rings. The third-order valence-electron chi connectivity index (χ3n) is 4.12. The van der Waals surface area contributed by atoms with E-state index in [0.717, 1.165) is 11.1 Å². The summed E-state index contributed by atoms with van der Waals surface area (Å²) < 4.78 is 4.82. The average Bonchev–Trinajstić information content (AvgIpc) is 2.77. The van der Waals surface area contributed by atoms with E-state index in [1.165, 1.54) is 7.11 Å². The predicted octanol–water partition coefficient (Wildman–Crippen LogP) is 3.73. The van der Waals surface area contributed by atoms with Crippen LogP contribution in [0.3, 0.4) is 0 Å². The van der Waals surface area contributed by atoms with Crippen molar-refractivity contribution in [3.8, 4) is 11.8 Å². The van der Waals surface area contributed by atoms with Crippen LogP contribution >= 0.6 is 0 Å². The number of benzene rings is 3. The number of esters is 1. The first-order chi connectivity index (χ1) is 13.7. The van der Waals surface area contributed by atoms with E-state index in [2.05, 4.69) is 17.2 Å². The Morgan fingerprint density at radius 3 is 1.89 bits per heavy atom. The lowest BCUT2D eigenvalue weighted by molar-refractivity contribution is -0.143. The first-order valence-corrected chi connectivity index (χ1v) is 8.78. The molecule has 3 rings (SSSR count). The van der Waals surface area contributed by atoms with Gasteiger partial charge >= 0.3 is 5.97 Å². The molecular weight excluding hydrogens is 350 g/mol. The molecule has 0 unspecified atom stereocenters. The molecule has 3 aromatic carbocycles. The highest BCUT2D eigenvalue weighted by Gasteiger charge is 2.23. The number of hydrogen-bond donors (Lipinski definition) is 1.